The molecule has 0 aromatic heterocycles. The van der Waals surface area contributed by atoms with Crippen LogP contribution in [-0.2, 0) is 33.6 Å². The maximum absolute atomic E-state index is 13.5. The molecule has 17 nitrogen and oxygen atoms in total. The van der Waals surface area contributed by atoms with Crippen LogP contribution in [0.3, 0.4) is 0 Å². The molecule has 0 fully saturated rings. The molecule has 0 radical (unpaired) electrons. The number of amides is 7. The van der Waals surface area contributed by atoms with Crippen molar-refractivity contribution in [1.29, 1.82) is 0 Å². The fraction of sp³-hybridized carbons (Fsp3) is 0.781. The monoisotopic (exact) mass is 699 g/mol. The number of aliphatic hydroxyl groups excluding tert-OH is 1. The Morgan fingerprint density at radius 1 is 0.633 bits per heavy atom. The molecular formula is C32H61N9O8. The number of carbonyl (C=O) groups excluding carboxylic acids is 7. The molecule has 0 aliphatic heterocycles. The maximum Gasteiger partial charge on any atom is 0.245 e. The van der Waals surface area contributed by atoms with Gasteiger partial charge in [-0.3, -0.25) is 33.6 Å². The Kier molecular flexibility index (Phi) is 21.7. The van der Waals surface area contributed by atoms with Crippen molar-refractivity contribution in [3.8, 4) is 0 Å². The van der Waals surface area contributed by atoms with E-state index >= 15 is 0 Å². The van der Waals surface area contributed by atoms with E-state index in [0.29, 0.717) is 25.8 Å². The lowest BCUT2D eigenvalue weighted by atomic mass is 9.96. The van der Waals surface area contributed by atoms with E-state index in [-0.39, 0.29) is 49.9 Å². The Balaban J connectivity index is 5.93. The molecule has 49 heavy (non-hydrogen) atoms. The zero-order valence-corrected chi connectivity index (χ0v) is 29.9. The van der Waals surface area contributed by atoms with Crippen LogP contribution >= 0.6 is 0 Å². The molecule has 17 heteroatoms. The summed E-state index contributed by atoms with van der Waals surface area (Å²) in [6.45, 7) is 10.4. The Morgan fingerprint density at radius 3 is 1.61 bits per heavy atom. The van der Waals surface area contributed by atoms with Crippen LogP contribution in [0.15, 0.2) is 0 Å². The van der Waals surface area contributed by atoms with Crippen molar-refractivity contribution in [2.45, 2.75) is 129 Å². The molecule has 0 aliphatic carbocycles. The summed E-state index contributed by atoms with van der Waals surface area (Å²) in [5.41, 5.74) is 22.1. The summed E-state index contributed by atoms with van der Waals surface area (Å²) in [6, 6.07) is -6.94. The molecule has 7 amide bonds. The first-order valence-corrected chi connectivity index (χ1v) is 17.0. The molecule has 0 saturated heterocycles. The smallest absolute Gasteiger partial charge is 0.245 e. The van der Waals surface area contributed by atoms with E-state index in [0.717, 1.165) is 0 Å². The Hall–Kier alpha value is -3.83. The Morgan fingerprint density at radius 2 is 1.12 bits per heavy atom. The summed E-state index contributed by atoms with van der Waals surface area (Å²) in [5.74, 6) is -5.42. The van der Waals surface area contributed by atoms with Crippen LogP contribution in [0.5, 0.6) is 0 Å². The maximum atomic E-state index is 13.5. The van der Waals surface area contributed by atoms with Crippen LogP contribution in [0.2, 0.25) is 0 Å². The molecule has 0 spiro atoms. The molecule has 0 aromatic rings. The third-order valence-corrected chi connectivity index (χ3v) is 7.93. The highest BCUT2D eigenvalue weighted by atomic mass is 16.3. The van der Waals surface area contributed by atoms with Crippen molar-refractivity contribution in [1.82, 2.24) is 26.6 Å². The van der Waals surface area contributed by atoms with Gasteiger partial charge in [0, 0.05) is 6.42 Å². The fourth-order valence-corrected chi connectivity index (χ4v) is 4.85. The van der Waals surface area contributed by atoms with Gasteiger partial charge in [0.1, 0.15) is 30.2 Å². The molecule has 282 valence electrons. The molecule has 0 bridgehead atoms. The second-order valence-electron chi connectivity index (χ2n) is 13.4. The minimum atomic E-state index is -1.50. The first-order chi connectivity index (χ1) is 22.9. The van der Waals surface area contributed by atoms with Gasteiger partial charge in [-0.2, -0.15) is 0 Å². The van der Waals surface area contributed by atoms with E-state index in [1.54, 1.807) is 6.92 Å². The third-order valence-electron chi connectivity index (χ3n) is 7.93. The number of nitrogens with one attached hydrogen (secondary N) is 5. The summed E-state index contributed by atoms with van der Waals surface area (Å²) in [4.78, 5) is 89.2. The van der Waals surface area contributed by atoms with Gasteiger partial charge in [0.25, 0.3) is 0 Å². The SMILES string of the molecule is CCC(C)C(NC(=O)C(N)CCC(N)=O)C(=O)NC(CC(C)C)C(=O)NC(CO)C(=O)NC(CCCCN)C(=O)NC(CC(C)C)C(N)=O. The van der Waals surface area contributed by atoms with Crippen LogP contribution in [0, 0.1) is 17.8 Å². The number of hydrogen-bond donors (Lipinski definition) is 10. The normalized spacial score (nSPS) is 15.6. The second kappa shape index (κ2) is 23.5. The van der Waals surface area contributed by atoms with Crippen molar-refractivity contribution in [3.63, 3.8) is 0 Å². The van der Waals surface area contributed by atoms with Gasteiger partial charge < -0.3 is 54.6 Å². The number of hydrogen-bond acceptors (Lipinski definition) is 10. The fourth-order valence-electron chi connectivity index (χ4n) is 4.85. The zero-order chi connectivity index (χ0) is 37.8. The number of primary amides is 2. The van der Waals surface area contributed by atoms with Crippen molar-refractivity contribution in [2.24, 2.45) is 40.7 Å². The predicted molar refractivity (Wildman–Crippen MR) is 184 cm³/mol. The largest absolute Gasteiger partial charge is 0.394 e. The standard InChI is InChI=1S/C32H61N9O8/c1-7-19(6)26(41-28(45)20(34)11-12-25(35)43)32(49)39-23(15-18(4)5)30(47)40-24(16-42)31(48)37-21(10-8-9-13-33)29(46)38-22(27(36)44)14-17(2)3/h17-24,26,42H,7-16,33-34H2,1-6H3,(H2,35,43)(H2,36,44)(H,37,48)(H,38,46)(H,39,49)(H,40,47)(H,41,45). The van der Waals surface area contributed by atoms with Gasteiger partial charge >= 0.3 is 0 Å². The molecule has 14 N–H and O–H groups in total. The number of nitrogens with two attached hydrogens (primary N) is 4. The molecular weight excluding hydrogens is 638 g/mol. The van der Waals surface area contributed by atoms with Crippen LogP contribution in [0.25, 0.3) is 0 Å². The van der Waals surface area contributed by atoms with Gasteiger partial charge in [0.05, 0.1) is 12.6 Å². The molecule has 0 saturated carbocycles. The summed E-state index contributed by atoms with van der Waals surface area (Å²) in [7, 11) is 0. The molecule has 7 unspecified atom stereocenters. The Bertz CT molecular complexity index is 1100. The number of rotatable bonds is 25. The quantitative estimate of drug-likeness (QED) is 0.0456. The van der Waals surface area contributed by atoms with Gasteiger partial charge in [0.2, 0.25) is 41.4 Å². The summed E-state index contributed by atoms with van der Waals surface area (Å²) in [6.07, 6.45) is 1.96. The van der Waals surface area contributed by atoms with Gasteiger partial charge in [-0.05, 0) is 62.8 Å². The minimum Gasteiger partial charge on any atom is -0.394 e. The van der Waals surface area contributed by atoms with Crippen molar-refractivity contribution in [3.05, 3.63) is 0 Å². The molecule has 0 aliphatic rings. The van der Waals surface area contributed by atoms with Gasteiger partial charge in [0.15, 0.2) is 0 Å². The minimum absolute atomic E-state index is 0.0157. The summed E-state index contributed by atoms with van der Waals surface area (Å²) in [5, 5.41) is 22.9. The third kappa shape index (κ3) is 17.9. The van der Waals surface area contributed by atoms with E-state index < -0.39 is 84.2 Å². The highest BCUT2D eigenvalue weighted by molar-refractivity contribution is 5.96. The van der Waals surface area contributed by atoms with Crippen LogP contribution < -0.4 is 49.5 Å². The van der Waals surface area contributed by atoms with Gasteiger partial charge in [-0.25, -0.2) is 0 Å². The van der Waals surface area contributed by atoms with Gasteiger partial charge in [-0.15, -0.1) is 0 Å². The lowest BCUT2D eigenvalue weighted by Gasteiger charge is -2.29. The second-order valence-corrected chi connectivity index (χ2v) is 13.4. The average Bonchev–Trinajstić information content (AvgIpc) is 3.02. The van der Waals surface area contributed by atoms with Gasteiger partial charge in [-0.1, -0.05) is 48.0 Å². The number of carbonyl (C=O) groups is 7. The average molecular weight is 700 g/mol. The van der Waals surface area contributed by atoms with Crippen molar-refractivity contribution in [2.75, 3.05) is 13.2 Å². The van der Waals surface area contributed by atoms with Crippen LogP contribution in [0.1, 0.15) is 92.9 Å². The highest BCUT2D eigenvalue weighted by Crippen LogP contribution is 2.12. The topological polar surface area (TPSA) is 304 Å². The molecule has 0 aromatic carbocycles. The lowest BCUT2D eigenvalue weighted by molar-refractivity contribution is -0.136. The van der Waals surface area contributed by atoms with E-state index in [1.807, 2.05) is 34.6 Å². The first-order valence-electron chi connectivity index (χ1n) is 17.0. The first kappa shape index (κ1) is 45.2. The molecule has 0 heterocycles. The number of aliphatic hydroxyl groups is 1. The van der Waals surface area contributed by atoms with Crippen molar-refractivity contribution >= 4 is 41.4 Å². The predicted octanol–water partition coefficient (Wildman–Crippen LogP) is -2.25. The van der Waals surface area contributed by atoms with E-state index in [4.69, 9.17) is 22.9 Å². The van der Waals surface area contributed by atoms with E-state index in [2.05, 4.69) is 26.6 Å². The van der Waals surface area contributed by atoms with Crippen LogP contribution in [-0.4, -0.2) is 95.9 Å². The van der Waals surface area contributed by atoms with E-state index in [1.165, 1.54) is 0 Å². The van der Waals surface area contributed by atoms with Crippen molar-refractivity contribution < 1.29 is 38.7 Å². The lowest BCUT2D eigenvalue weighted by Crippen LogP contribution is -2.61. The molecule has 0 rings (SSSR count). The summed E-state index contributed by atoms with van der Waals surface area (Å²) >= 11 is 0. The molecule has 7 atom stereocenters. The summed E-state index contributed by atoms with van der Waals surface area (Å²) < 4.78 is 0. The highest BCUT2D eigenvalue weighted by Gasteiger charge is 2.34. The zero-order valence-electron chi connectivity index (χ0n) is 29.9. The van der Waals surface area contributed by atoms with Crippen LogP contribution in [0.4, 0.5) is 0 Å². The Labute approximate surface area is 289 Å². The number of unbranched alkanes of at least 4 members (excludes halogenated alkanes) is 1. The van der Waals surface area contributed by atoms with E-state index in [9.17, 15) is 38.7 Å².